The van der Waals surface area contributed by atoms with Crippen LogP contribution >= 0.6 is 34.8 Å². The second kappa shape index (κ2) is 15.7. The molecule has 3 amide bonds. The minimum absolute atomic E-state index is 0.248. The van der Waals surface area contributed by atoms with Gasteiger partial charge in [0.25, 0.3) is 0 Å². The van der Waals surface area contributed by atoms with E-state index in [0.717, 1.165) is 16.7 Å². The van der Waals surface area contributed by atoms with Crippen LogP contribution in [0.2, 0.25) is 15.1 Å². The van der Waals surface area contributed by atoms with Crippen LogP contribution in [-0.4, -0.2) is 56.6 Å². The predicted octanol–water partition coefficient (Wildman–Crippen LogP) is 8.36. The lowest BCUT2D eigenvalue weighted by Gasteiger charge is -2.43. The summed E-state index contributed by atoms with van der Waals surface area (Å²) in [4.78, 5) is 38.7. The highest BCUT2D eigenvalue weighted by molar-refractivity contribution is 6.32. The van der Waals surface area contributed by atoms with Gasteiger partial charge in [-0.2, -0.15) is 0 Å². The van der Waals surface area contributed by atoms with Crippen LogP contribution in [0.3, 0.4) is 0 Å². The van der Waals surface area contributed by atoms with Crippen molar-refractivity contribution in [2.45, 2.75) is 52.3 Å². The number of rotatable bonds is 8. The first kappa shape index (κ1) is 35.1. The molecule has 14 heteroatoms. The second-order valence-electron chi connectivity index (χ2n) is 10.7. The van der Waals surface area contributed by atoms with Crippen molar-refractivity contribution in [3.63, 3.8) is 0 Å². The predicted molar refractivity (Wildman–Crippen MR) is 176 cm³/mol. The van der Waals surface area contributed by atoms with E-state index in [1.807, 2.05) is 20.8 Å². The number of methoxy groups -OCH3 is 1. The molecule has 4 rings (SSSR count). The van der Waals surface area contributed by atoms with E-state index < -0.39 is 48.8 Å². The van der Waals surface area contributed by atoms with Gasteiger partial charge < -0.3 is 23.7 Å². The van der Waals surface area contributed by atoms with Crippen molar-refractivity contribution in [1.29, 1.82) is 0 Å². The van der Waals surface area contributed by atoms with E-state index in [0.29, 0.717) is 32.1 Å². The van der Waals surface area contributed by atoms with Crippen molar-refractivity contribution in [2.75, 3.05) is 29.7 Å². The normalized spacial score (nSPS) is 20.7. The van der Waals surface area contributed by atoms with Gasteiger partial charge in [-0.05, 0) is 73.9 Å². The molecule has 246 valence electrons. The van der Waals surface area contributed by atoms with Crippen LogP contribution in [0, 0.1) is 26.7 Å². The zero-order valence-corrected chi connectivity index (χ0v) is 28.0. The van der Waals surface area contributed by atoms with E-state index in [2.05, 4.69) is 16.0 Å². The minimum Gasteiger partial charge on any atom is -0.447 e. The molecule has 11 nitrogen and oxygen atoms in total. The van der Waals surface area contributed by atoms with E-state index in [1.54, 1.807) is 61.5 Å². The lowest BCUT2D eigenvalue weighted by molar-refractivity contribution is -0.277. The molecule has 3 aromatic carbocycles. The van der Waals surface area contributed by atoms with Gasteiger partial charge in [-0.1, -0.05) is 59.9 Å². The summed E-state index contributed by atoms with van der Waals surface area (Å²) in [5.74, 6) is -0.660. The fourth-order valence-electron chi connectivity index (χ4n) is 4.58. The van der Waals surface area contributed by atoms with Crippen molar-refractivity contribution in [3.8, 4) is 0 Å². The SMILES string of the molecule is CO[C@H]1OC(COC(=O)Nc2ccc(C)c(Cl)c2)[C@@H](C)[C@H](OC(=O)Nc2ccc(C)c(Cl)c2)C1OC(=O)Nc1ccc(C)c(Cl)c1. The number of nitrogens with one attached hydrogen (secondary N) is 3. The molecule has 1 aliphatic heterocycles. The first-order valence-electron chi connectivity index (χ1n) is 14.2. The van der Waals surface area contributed by atoms with Gasteiger partial charge >= 0.3 is 18.3 Å². The third kappa shape index (κ3) is 9.17. The minimum atomic E-state index is -1.23. The fourth-order valence-corrected chi connectivity index (χ4v) is 5.12. The molecule has 1 saturated heterocycles. The molecule has 0 aliphatic carbocycles. The Morgan fingerprint density at radius 1 is 0.696 bits per heavy atom. The smallest absolute Gasteiger partial charge is 0.412 e. The highest BCUT2D eigenvalue weighted by atomic mass is 35.5. The number of anilines is 3. The Morgan fingerprint density at radius 2 is 1.11 bits per heavy atom. The van der Waals surface area contributed by atoms with Crippen LogP contribution in [0.1, 0.15) is 23.6 Å². The largest absolute Gasteiger partial charge is 0.447 e. The van der Waals surface area contributed by atoms with E-state index >= 15 is 0 Å². The molecule has 0 spiro atoms. The topological polar surface area (TPSA) is 133 Å². The molecule has 0 bridgehead atoms. The first-order chi connectivity index (χ1) is 21.8. The summed E-state index contributed by atoms with van der Waals surface area (Å²) in [6.45, 7) is 6.95. The number of hydrogen-bond acceptors (Lipinski definition) is 8. The van der Waals surface area contributed by atoms with Crippen molar-refractivity contribution in [3.05, 3.63) is 86.4 Å². The molecule has 3 N–H and O–H groups in total. The van der Waals surface area contributed by atoms with E-state index in [4.69, 9.17) is 58.5 Å². The monoisotopic (exact) mass is 693 g/mol. The lowest BCUT2D eigenvalue weighted by Crippen LogP contribution is -2.58. The summed E-state index contributed by atoms with van der Waals surface area (Å²) >= 11 is 18.6. The number of benzene rings is 3. The molecule has 0 aromatic heterocycles. The van der Waals surface area contributed by atoms with Crippen molar-refractivity contribution >= 4 is 70.1 Å². The van der Waals surface area contributed by atoms with Crippen LogP contribution in [0.4, 0.5) is 31.4 Å². The van der Waals surface area contributed by atoms with Crippen molar-refractivity contribution < 1.29 is 38.1 Å². The molecule has 0 saturated carbocycles. The van der Waals surface area contributed by atoms with Crippen LogP contribution < -0.4 is 16.0 Å². The maximum absolute atomic E-state index is 13.1. The number of ether oxygens (including phenoxy) is 5. The number of amides is 3. The summed E-state index contributed by atoms with van der Waals surface area (Å²) in [5.41, 5.74) is 3.73. The molecule has 1 aliphatic rings. The van der Waals surface area contributed by atoms with Gasteiger partial charge in [-0.25, -0.2) is 14.4 Å². The van der Waals surface area contributed by atoms with Gasteiger partial charge in [0.15, 0.2) is 18.5 Å². The average molecular weight is 695 g/mol. The summed E-state index contributed by atoms with van der Waals surface area (Å²) in [6.07, 6.45) is -6.85. The maximum Gasteiger partial charge on any atom is 0.412 e. The van der Waals surface area contributed by atoms with Gasteiger partial charge in [0.2, 0.25) is 0 Å². The molecule has 1 fully saturated rings. The van der Waals surface area contributed by atoms with Crippen molar-refractivity contribution in [1.82, 2.24) is 0 Å². The molecule has 0 radical (unpaired) electrons. The van der Waals surface area contributed by atoms with Crippen molar-refractivity contribution in [2.24, 2.45) is 5.92 Å². The molecular weight excluding hydrogens is 661 g/mol. The van der Waals surface area contributed by atoms with Gasteiger partial charge in [0.05, 0.1) is 0 Å². The van der Waals surface area contributed by atoms with Gasteiger partial charge in [-0.3, -0.25) is 16.0 Å². The van der Waals surface area contributed by atoms with Gasteiger partial charge in [0.1, 0.15) is 12.7 Å². The zero-order chi connectivity index (χ0) is 33.5. The highest BCUT2D eigenvalue weighted by Crippen LogP contribution is 2.32. The Hall–Kier alpha value is -3.74. The third-order valence-electron chi connectivity index (χ3n) is 7.36. The van der Waals surface area contributed by atoms with Crippen LogP contribution in [0.15, 0.2) is 54.6 Å². The molecule has 46 heavy (non-hydrogen) atoms. The van der Waals surface area contributed by atoms with E-state index in [1.165, 1.54) is 7.11 Å². The lowest BCUT2D eigenvalue weighted by atomic mass is 9.90. The summed E-state index contributed by atoms with van der Waals surface area (Å²) in [7, 11) is 1.34. The number of carbonyl (C=O) groups excluding carboxylic acids is 3. The zero-order valence-electron chi connectivity index (χ0n) is 25.7. The Balaban J connectivity index is 1.50. The summed E-state index contributed by atoms with van der Waals surface area (Å²) < 4.78 is 28.5. The molecule has 2 unspecified atom stereocenters. The summed E-state index contributed by atoms with van der Waals surface area (Å²) in [6, 6.07) is 15.0. The third-order valence-corrected chi connectivity index (χ3v) is 8.58. The Bertz CT molecular complexity index is 1590. The first-order valence-corrected chi connectivity index (χ1v) is 15.3. The molecule has 1 heterocycles. The standard InChI is InChI=1S/C32H34Cl3N3O8/c1-16-6-9-20(12-23(16)33)36-30(39)43-15-26-19(4)27(45-31(40)37-21-10-7-17(2)24(34)13-21)28(29(42-5)44-26)46-32(41)38-22-11-8-18(3)25(35)14-22/h6-14,19,26-29H,15H2,1-5H3,(H,36,39)(H,37,40)(H,38,41)/t19-,26?,27+,28?,29+/m1/s1. The Kier molecular flexibility index (Phi) is 12.0. The molecular formula is C32H34Cl3N3O8. The average Bonchev–Trinajstić information content (AvgIpc) is 3.00. The van der Waals surface area contributed by atoms with E-state index in [-0.39, 0.29) is 6.61 Å². The second-order valence-corrected chi connectivity index (χ2v) is 12.0. The molecule has 5 atom stereocenters. The fraction of sp³-hybridized carbons (Fsp3) is 0.344. The number of halogens is 3. The van der Waals surface area contributed by atoms with Gasteiger partial charge in [0, 0.05) is 45.2 Å². The number of carbonyl (C=O) groups is 3. The summed E-state index contributed by atoms with van der Waals surface area (Å²) in [5, 5.41) is 9.24. The number of hydrogen-bond donors (Lipinski definition) is 3. The van der Waals surface area contributed by atoms with Crippen LogP contribution in [-0.2, 0) is 23.7 Å². The molecule has 3 aromatic rings. The number of aryl methyl sites for hydroxylation is 3. The Morgan fingerprint density at radius 3 is 1.52 bits per heavy atom. The highest BCUT2D eigenvalue weighted by Gasteiger charge is 2.49. The maximum atomic E-state index is 13.1. The van der Waals surface area contributed by atoms with Crippen LogP contribution in [0.25, 0.3) is 0 Å². The Labute approximate surface area is 281 Å². The van der Waals surface area contributed by atoms with Crippen LogP contribution in [0.5, 0.6) is 0 Å². The quantitative estimate of drug-likeness (QED) is 0.200. The van der Waals surface area contributed by atoms with E-state index in [9.17, 15) is 14.4 Å². The van der Waals surface area contributed by atoms with Gasteiger partial charge in [-0.15, -0.1) is 0 Å².